The van der Waals surface area contributed by atoms with E-state index in [9.17, 15) is 0 Å². The van der Waals surface area contributed by atoms with Crippen molar-refractivity contribution in [3.05, 3.63) is 92.8 Å². The maximum Gasteiger partial charge on any atom is 0.127 e. The Morgan fingerprint density at radius 3 is 1.78 bits per heavy atom. The summed E-state index contributed by atoms with van der Waals surface area (Å²) in [7, 11) is 0. The summed E-state index contributed by atoms with van der Waals surface area (Å²) in [6, 6.07) is 24.7. The van der Waals surface area contributed by atoms with Crippen LogP contribution in [0.4, 0.5) is 0 Å². The van der Waals surface area contributed by atoms with Gasteiger partial charge in [0.25, 0.3) is 0 Å². The Balaban J connectivity index is 1.75. The SMILES string of the molecule is Brc1ccccc1C=C(c1nc2ccccc2s1)c1nc2ccccc2s1. The molecule has 0 spiro atoms. The van der Waals surface area contributed by atoms with Gasteiger partial charge < -0.3 is 0 Å². The highest BCUT2D eigenvalue weighted by Crippen LogP contribution is 2.37. The maximum absolute atomic E-state index is 4.89. The number of thiazole rings is 2. The van der Waals surface area contributed by atoms with E-state index in [2.05, 4.69) is 70.5 Å². The van der Waals surface area contributed by atoms with Crippen LogP contribution in [0.3, 0.4) is 0 Å². The van der Waals surface area contributed by atoms with Crippen molar-refractivity contribution in [1.29, 1.82) is 0 Å². The second-order valence-corrected chi connectivity index (χ2v) is 8.97. The van der Waals surface area contributed by atoms with Crippen LogP contribution in [0.15, 0.2) is 77.3 Å². The zero-order valence-electron chi connectivity index (χ0n) is 14.1. The predicted molar refractivity (Wildman–Crippen MR) is 120 cm³/mol. The summed E-state index contributed by atoms with van der Waals surface area (Å²) >= 11 is 7.08. The van der Waals surface area contributed by atoms with Crippen LogP contribution >= 0.6 is 38.6 Å². The van der Waals surface area contributed by atoms with Crippen LogP contribution in [0, 0.1) is 0 Å². The number of nitrogens with zero attached hydrogens (tertiary/aromatic N) is 2. The monoisotopic (exact) mass is 448 g/mol. The summed E-state index contributed by atoms with van der Waals surface area (Å²) in [5.41, 5.74) is 4.23. The highest BCUT2D eigenvalue weighted by molar-refractivity contribution is 9.10. The van der Waals surface area contributed by atoms with Gasteiger partial charge >= 0.3 is 0 Å². The molecular formula is C22H13BrN2S2. The van der Waals surface area contributed by atoms with E-state index < -0.39 is 0 Å². The average Bonchev–Trinajstić information content (AvgIpc) is 3.31. The van der Waals surface area contributed by atoms with Crippen LogP contribution in [0.1, 0.15) is 15.6 Å². The lowest BCUT2D eigenvalue weighted by atomic mass is 10.1. The molecule has 0 saturated heterocycles. The first-order valence-electron chi connectivity index (χ1n) is 8.46. The standard InChI is InChI=1S/C22H13BrN2S2/c23-16-8-2-1-7-14(16)13-15(21-24-17-9-3-5-11-19(17)26-21)22-25-18-10-4-6-12-20(18)27-22/h1-13H. The minimum absolute atomic E-state index is 0.992. The van der Waals surface area contributed by atoms with Crippen molar-refractivity contribution in [2.24, 2.45) is 0 Å². The quantitative estimate of drug-likeness (QED) is 0.290. The van der Waals surface area contributed by atoms with Gasteiger partial charge in [-0.25, -0.2) is 9.97 Å². The normalized spacial score (nSPS) is 11.1. The first kappa shape index (κ1) is 16.8. The van der Waals surface area contributed by atoms with E-state index in [1.54, 1.807) is 22.7 Å². The second-order valence-electron chi connectivity index (χ2n) is 6.05. The summed E-state index contributed by atoms with van der Waals surface area (Å²) in [6.07, 6.45) is 2.18. The largest absolute Gasteiger partial charge is 0.236 e. The minimum atomic E-state index is 0.992. The van der Waals surface area contributed by atoms with Crippen molar-refractivity contribution in [3.63, 3.8) is 0 Å². The van der Waals surface area contributed by atoms with Gasteiger partial charge in [0.1, 0.15) is 10.0 Å². The molecule has 0 aliphatic rings. The van der Waals surface area contributed by atoms with Gasteiger partial charge in [-0.15, -0.1) is 22.7 Å². The van der Waals surface area contributed by atoms with Crippen LogP contribution in [-0.4, -0.2) is 9.97 Å². The molecular weight excluding hydrogens is 436 g/mol. The number of aromatic nitrogens is 2. The molecule has 5 heteroatoms. The average molecular weight is 449 g/mol. The molecule has 0 bridgehead atoms. The highest BCUT2D eigenvalue weighted by Gasteiger charge is 2.16. The topological polar surface area (TPSA) is 25.8 Å². The lowest BCUT2D eigenvalue weighted by molar-refractivity contribution is 1.39. The number of fused-ring (bicyclic) bond motifs is 2. The molecule has 2 nitrogen and oxygen atoms in total. The third kappa shape index (κ3) is 3.23. The van der Waals surface area contributed by atoms with Gasteiger partial charge in [-0.3, -0.25) is 0 Å². The van der Waals surface area contributed by atoms with Crippen LogP contribution in [0.5, 0.6) is 0 Å². The van der Waals surface area contributed by atoms with Crippen molar-refractivity contribution < 1.29 is 0 Å². The molecule has 2 aromatic heterocycles. The second kappa shape index (κ2) is 7.00. The molecule has 0 amide bonds. The van der Waals surface area contributed by atoms with Gasteiger partial charge in [-0.05, 0) is 42.0 Å². The van der Waals surface area contributed by atoms with E-state index in [4.69, 9.17) is 9.97 Å². The molecule has 0 fully saturated rings. The zero-order chi connectivity index (χ0) is 18.2. The molecule has 5 aromatic rings. The Bertz CT molecular complexity index is 1160. The Morgan fingerprint density at radius 2 is 1.22 bits per heavy atom. The van der Waals surface area contributed by atoms with Crippen molar-refractivity contribution in [3.8, 4) is 0 Å². The molecule has 130 valence electrons. The third-order valence-electron chi connectivity index (χ3n) is 4.25. The van der Waals surface area contributed by atoms with Crippen LogP contribution in [-0.2, 0) is 0 Å². The number of hydrogen-bond donors (Lipinski definition) is 0. The smallest absolute Gasteiger partial charge is 0.127 e. The van der Waals surface area contributed by atoms with Crippen molar-refractivity contribution in [2.45, 2.75) is 0 Å². The van der Waals surface area contributed by atoms with Crippen LogP contribution in [0.2, 0.25) is 0 Å². The summed E-state index contributed by atoms with van der Waals surface area (Å²) in [6.45, 7) is 0. The maximum atomic E-state index is 4.89. The highest BCUT2D eigenvalue weighted by atomic mass is 79.9. The van der Waals surface area contributed by atoms with Crippen LogP contribution in [0.25, 0.3) is 32.1 Å². The predicted octanol–water partition coefficient (Wildman–Crippen LogP) is 7.26. The summed E-state index contributed by atoms with van der Waals surface area (Å²) in [5.74, 6) is 0. The molecule has 5 rings (SSSR count). The van der Waals surface area contributed by atoms with Gasteiger partial charge in [-0.2, -0.15) is 0 Å². The Kier molecular flexibility index (Phi) is 4.36. The van der Waals surface area contributed by atoms with E-state index in [1.165, 1.54) is 9.40 Å². The van der Waals surface area contributed by atoms with E-state index in [0.717, 1.165) is 36.7 Å². The number of benzene rings is 3. The number of hydrogen-bond acceptors (Lipinski definition) is 4. The lowest BCUT2D eigenvalue weighted by Crippen LogP contribution is -1.87. The van der Waals surface area contributed by atoms with E-state index in [1.807, 2.05) is 24.3 Å². The molecule has 2 heterocycles. The zero-order valence-corrected chi connectivity index (χ0v) is 17.3. The molecule has 27 heavy (non-hydrogen) atoms. The first-order chi connectivity index (χ1) is 13.3. The van der Waals surface area contributed by atoms with Crippen molar-refractivity contribution >= 4 is 70.7 Å². The van der Waals surface area contributed by atoms with Crippen LogP contribution < -0.4 is 0 Å². The Labute approximate surface area is 173 Å². The van der Waals surface area contributed by atoms with E-state index >= 15 is 0 Å². The Hall–Kier alpha value is -2.34. The molecule has 0 atom stereocenters. The van der Waals surface area contributed by atoms with E-state index in [0.29, 0.717) is 0 Å². The Morgan fingerprint density at radius 1 is 0.704 bits per heavy atom. The fraction of sp³-hybridized carbons (Fsp3) is 0. The number of rotatable bonds is 3. The molecule has 0 unspecified atom stereocenters. The summed E-state index contributed by atoms with van der Waals surface area (Å²) in [4.78, 5) is 9.77. The minimum Gasteiger partial charge on any atom is -0.236 e. The summed E-state index contributed by atoms with van der Waals surface area (Å²) < 4.78 is 3.43. The van der Waals surface area contributed by atoms with Crippen molar-refractivity contribution in [1.82, 2.24) is 9.97 Å². The molecule has 0 aliphatic heterocycles. The fourth-order valence-corrected chi connectivity index (χ4v) is 5.37. The molecule has 0 saturated carbocycles. The van der Waals surface area contributed by atoms with Gasteiger partial charge in [0.15, 0.2) is 0 Å². The van der Waals surface area contributed by atoms with E-state index in [-0.39, 0.29) is 0 Å². The number of halogens is 1. The first-order valence-corrected chi connectivity index (χ1v) is 10.9. The fourth-order valence-electron chi connectivity index (χ4n) is 2.94. The van der Waals surface area contributed by atoms with Crippen molar-refractivity contribution in [2.75, 3.05) is 0 Å². The lowest BCUT2D eigenvalue weighted by Gasteiger charge is -2.03. The molecule has 3 aromatic carbocycles. The van der Waals surface area contributed by atoms with Gasteiger partial charge in [0, 0.05) is 10.0 Å². The van der Waals surface area contributed by atoms with Gasteiger partial charge in [0.05, 0.1) is 20.4 Å². The van der Waals surface area contributed by atoms with Gasteiger partial charge in [0.2, 0.25) is 0 Å². The molecule has 0 radical (unpaired) electrons. The number of para-hydroxylation sites is 2. The molecule has 0 N–H and O–H groups in total. The third-order valence-corrected chi connectivity index (χ3v) is 7.12. The van der Waals surface area contributed by atoms with Gasteiger partial charge in [-0.1, -0.05) is 58.4 Å². The molecule has 0 aliphatic carbocycles. The summed E-state index contributed by atoms with van der Waals surface area (Å²) in [5, 5.41) is 1.98.